The summed E-state index contributed by atoms with van der Waals surface area (Å²) in [6, 6.07) is 12.2. The van der Waals surface area contributed by atoms with E-state index in [0.29, 0.717) is 11.1 Å². The van der Waals surface area contributed by atoms with E-state index in [2.05, 4.69) is 27.3 Å². The number of imide groups is 1. The van der Waals surface area contributed by atoms with Crippen molar-refractivity contribution in [3.63, 3.8) is 0 Å². The topological polar surface area (TPSA) is 63.1 Å². The van der Waals surface area contributed by atoms with Crippen LogP contribution in [0, 0.1) is 0 Å². The van der Waals surface area contributed by atoms with E-state index in [4.69, 9.17) is 0 Å². The van der Waals surface area contributed by atoms with E-state index in [-0.39, 0.29) is 11.8 Å². The number of hydrogen-bond acceptors (Lipinski definition) is 4. The summed E-state index contributed by atoms with van der Waals surface area (Å²) in [5, 5.41) is 11.6. The number of carbonyl (C=O) groups is 2. The Morgan fingerprint density at radius 1 is 1.07 bits per heavy atom. The van der Waals surface area contributed by atoms with Crippen LogP contribution in [0.1, 0.15) is 27.1 Å². The first kappa shape index (κ1) is 17.2. The number of rotatable bonds is 5. The fourth-order valence-electron chi connectivity index (χ4n) is 4.20. The van der Waals surface area contributed by atoms with E-state index < -0.39 is 0 Å². The van der Waals surface area contributed by atoms with Gasteiger partial charge in [0.15, 0.2) is 0 Å². The van der Waals surface area contributed by atoms with E-state index in [1.54, 1.807) is 11.3 Å². The van der Waals surface area contributed by atoms with Gasteiger partial charge in [0.1, 0.15) is 0 Å². The average molecular weight is 389 g/mol. The largest absolute Gasteiger partial charge is 0.340 e. The fourth-order valence-corrected chi connectivity index (χ4v) is 4.85. The van der Waals surface area contributed by atoms with Gasteiger partial charge in [0, 0.05) is 22.8 Å². The van der Waals surface area contributed by atoms with Crippen molar-refractivity contribution >= 4 is 45.0 Å². The summed E-state index contributed by atoms with van der Waals surface area (Å²) < 4.78 is 2.27. The smallest absolute Gasteiger partial charge is 0.259 e. The summed E-state index contributed by atoms with van der Waals surface area (Å²) in [7, 11) is 1.95. The van der Waals surface area contributed by atoms with Crippen LogP contribution < -0.4 is 10.6 Å². The molecule has 0 spiro atoms. The third-order valence-corrected chi connectivity index (χ3v) is 6.07. The monoisotopic (exact) mass is 389 g/mol. The van der Waals surface area contributed by atoms with Crippen LogP contribution in [0.4, 0.5) is 0 Å². The van der Waals surface area contributed by atoms with Crippen molar-refractivity contribution in [3.05, 3.63) is 58.3 Å². The molecular weight excluding hydrogens is 370 g/mol. The molecule has 0 aliphatic carbocycles. The minimum Gasteiger partial charge on any atom is -0.340 e. The van der Waals surface area contributed by atoms with Gasteiger partial charge in [-0.25, -0.2) is 0 Å². The quantitative estimate of drug-likeness (QED) is 0.400. The van der Waals surface area contributed by atoms with E-state index in [0.717, 1.165) is 52.4 Å². The van der Waals surface area contributed by atoms with Crippen LogP contribution in [0.5, 0.6) is 0 Å². The summed E-state index contributed by atoms with van der Waals surface area (Å²) in [4.78, 5) is 25.4. The molecule has 140 valence electrons. The minimum atomic E-state index is -0.310. The summed E-state index contributed by atoms with van der Waals surface area (Å²) in [6.45, 7) is 1.75. The highest BCUT2D eigenvalue weighted by Gasteiger charge is 2.34. The number of thiophene rings is 1. The van der Waals surface area contributed by atoms with Crippen LogP contribution >= 0.6 is 11.3 Å². The molecule has 0 saturated carbocycles. The standard InChI is InChI=1S/C22H19N3O2S/c1-23-8-4-9-25-16-6-3-2-5-14(16)18-17(25)11-15(13-7-10-28-12-13)19-20(18)22(27)24-21(19)26/h2-3,5-7,10-12,23H,4,8-9H2,1H3,(H,24,26,27). The maximum atomic E-state index is 12.8. The highest BCUT2D eigenvalue weighted by Crippen LogP contribution is 2.40. The molecule has 0 unspecified atom stereocenters. The van der Waals surface area contributed by atoms with Crippen molar-refractivity contribution in [1.82, 2.24) is 15.2 Å². The molecule has 0 fully saturated rings. The Morgan fingerprint density at radius 2 is 1.89 bits per heavy atom. The number of para-hydroxylation sites is 1. The van der Waals surface area contributed by atoms with Gasteiger partial charge < -0.3 is 9.88 Å². The number of hydrogen-bond donors (Lipinski definition) is 2. The number of benzene rings is 2. The fraction of sp³-hybridized carbons (Fsp3) is 0.182. The molecule has 5 nitrogen and oxygen atoms in total. The van der Waals surface area contributed by atoms with E-state index in [1.165, 1.54) is 0 Å². The van der Waals surface area contributed by atoms with Gasteiger partial charge in [0.2, 0.25) is 0 Å². The number of nitrogens with one attached hydrogen (secondary N) is 2. The van der Waals surface area contributed by atoms with Crippen molar-refractivity contribution in [2.24, 2.45) is 0 Å². The lowest BCUT2D eigenvalue weighted by atomic mass is 9.94. The van der Waals surface area contributed by atoms with Crippen LogP contribution in [0.15, 0.2) is 47.2 Å². The molecule has 2 aromatic carbocycles. The molecule has 3 heterocycles. The summed E-state index contributed by atoms with van der Waals surface area (Å²) in [5.41, 5.74) is 4.89. The second-order valence-corrected chi connectivity index (χ2v) is 7.77. The first-order chi connectivity index (χ1) is 13.7. The van der Waals surface area contributed by atoms with Gasteiger partial charge >= 0.3 is 0 Å². The first-order valence-electron chi connectivity index (χ1n) is 9.31. The number of nitrogens with zero attached hydrogens (tertiary/aromatic N) is 1. The molecule has 0 saturated heterocycles. The van der Waals surface area contributed by atoms with Crippen molar-refractivity contribution in [2.45, 2.75) is 13.0 Å². The van der Waals surface area contributed by atoms with Gasteiger partial charge in [-0.3, -0.25) is 14.9 Å². The van der Waals surface area contributed by atoms with Crippen LogP contribution in [0.2, 0.25) is 0 Å². The summed E-state index contributed by atoms with van der Waals surface area (Å²) in [5.74, 6) is -0.615. The van der Waals surface area contributed by atoms with E-state index in [9.17, 15) is 9.59 Å². The van der Waals surface area contributed by atoms with E-state index in [1.807, 2.05) is 42.1 Å². The second kappa shape index (κ2) is 6.58. The van der Waals surface area contributed by atoms with E-state index >= 15 is 0 Å². The third kappa shape index (κ3) is 2.42. The number of fused-ring (bicyclic) bond motifs is 5. The lowest BCUT2D eigenvalue weighted by molar-refractivity contribution is 0.0880. The Morgan fingerprint density at radius 3 is 2.68 bits per heavy atom. The molecule has 28 heavy (non-hydrogen) atoms. The molecule has 2 N–H and O–H groups in total. The number of aryl methyl sites for hydroxylation is 1. The molecule has 0 bridgehead atoms. The second-order valence-electron chi connectivity index (χ2n) is 6.99. The molecule has 0 radical (unpaired) electrons. The molecule has 2 amide bonds. The molecule has 6 heteroatoms. The van der Waals surface area contributed by atoms with Gasteiger partial charge in [0.25, 0.3) is 11.8 Å². The predicted octanol–water partition coefficient (Wildman–Crippen LogP) is 4.02. The zero-order chi connectivity index (χ0) is 19.3. The van der Waals surface area contributed by atoms with Crippen molar-refractivity contribution < 1.29 is 9.59 Å². The van der Waals surface area contributed by atoms with Crippen LogP contribution in [-0.4, -0.2) is 30.0 Å². The average Bonchev–Trinajstić information content (AvgIpc) is 3.40. The van der Waals surface area contributed by atoms with Crippen LogP contribution in [-0.2, 0) is 6.54 Å². The highest BCUT2D eigenvalue weighted by atomic mass is 32.1. The Bertz CT molecular complexity index is 1240. The van der Waals surface area contributed by atoms with Crippen molar-refractivity contribution in [3.8, 4) is 11.1 Å². The lowest BCUT2D eigenvalue weighted by Gasteiger charge is -2.10. The zero-order valence-electron chi connectivity index (χ0n) is 15.4. The number of carbonyl (C=O) groups excluding carboxylic acids is 2. The molecular formula is C22H19N3O2S. The molecule has 5 rings (SSSR count). The number of amides is 2. The summed E-state index contributed by atoms with van der Waals surface area (Å²) in [6.07, 6.45) is 0.972. The van der Waals surface area contributed by atoms with Gasteiger partial charge in [0.05, 0.1) is 16.6 Å². The number of aromatic nitrogens is 1. The Kier molecular flexibility index (Phi) is 4.03. The maximum Gasteiger partial charge on any atom is 0.259 e. The Balaban J connectivity index is 1.90. The van der Waals surface area contributed by atoms with Crippen LogP contribution in [0.25, 0.3) is 32.9 Å². The van der Waals surface area contributed by atoms with Gasteiger partial charge in [-0.1, -0.05) is 18.2 Å². The summed E-state index contributed by atoms with van der Waals surface area (Å²) >= 11 is 1.58. The van der Waals surface area contributed by atoms with Gasteiger partial charge in [-0.05, 0) is 60.1 Å². The highest BCUT2D eigenvalue weighted by molar-refractivity contribution is 7.08. The zero-order valence-corrected chi connectivity index (χ0v) is 16.2. The van der Waals surface area contributed by atoms with Crippen molar-refractivity contribution in [1.29, 1.82) is 0 Å². The van der Waals surface area contributed by atoms with Crippen molar-refractivity contribution in [2.75, 3.05) is 13.6 Å². The Hall–Kier alpha value is -2.96. The molecule has 1 aliphatic heterocycles. The Labute approximate surface area is 166 Å². The van der Waals surface area contributed by atoms with Gasteiger partial charge in [-0.15, -0.1) is 0 Å². The SMILES string of the molecule is CNCCCn1c2ccccc2c2c3c(c(-c4ccsc4)cc21)C(=O)NC3=O. The predicted molar refractivity (Wildman–Crippen MR) is 113 cm³/mol. The van der Waals surface area contributed by atoms with Gasteiger partial charge in [-0.2, -0.15) is 11.3 Å². The lowest BCUT2D eigenvalue weighted by Crippen LogP contribution is -2.20. The van der Waals surface area contributed by atoms with Crippen LogP contribution in [0.3, 0.4) is 0 Å². The molecule has 0 atom stereocenters. The first-order valence-corrected chi connectivity index (χ1v) is 10.3. The minimum absolute atomic E-state index is 0.305. The third-order valence-electron chi connectivity index (χ3n) is 5.38. The maximum absolute atomic E-state index is 12.8. The molecule has 2 aromatic heterocycles. The molecule has 4 aromatic rings. The molecule has 1 aliphatic rings. The normalized spacial score (nSPS) is 13.5.